The van der Waals surface area contributed by atoms with Crippen LogP contribution in [0.1, 0.15) is 56.8 Å². The van der Waals surface area contributed by atoms with Crippen molar-refractivity contribution in [2.45, 2.75) is 75.0 Å². The fourth-order valence-corrected chi connectivity index (χ4v) is 5.37. The monoisotopic (exact) mass is 415 g/mol. The fourth-order valence-electron chi connectivity index (χ4n) is 3.95. The van der Waals surface area contributed by atoms with Gasteiger partial charge in [0.1, 0.15) is 0 Å². The first kappa shape index (κ1) is 22.1. The summed E-state index contributed by atoms with van der Waals surface area (Å²) in [5.41, 5.74) is -0.0323. The van der Waals surface area contributed by atoms with Crippen molar-refractivity contribution in [2.24, 2.45) is 0 Å². The number of carbonyl (C=O) groups excluding carboxylic acids is 1. The number of sulfonamides is 1. The van der Waals surface area contributed by atoms with Crippen LogP contribution < -0.4 is 10.0 Å². The summed E-state index contributed by atoms with van der Waals surface area (Å²) >= 11 is 0. The molecule has 1 amide bonds. The zero-order valence-electron chi connectivity index (χ0n) is 16.4. The lowest BCUT2D eigenvalue weighted by atomic mass is 9.98. The van der Waals surface area contributed by atoms with E-state index >= 15 is 0 Å². The van der Waals surface area contributed by atoms with Crippen molar-refractivity contribution in [3.63, 3.8) is 0 Å². The van der Waals surface area contributed by atoms with Gasteiger partial charge in [-0.3, -0.25) is 4.79 Å². The van der Waals surface area contributed by atoms with E-state index in [1.807, 2.05) is 11.9 Å². The highest BCUT2D eigenvalue weighted by Gasteiger charge is 2.36. The second kappa shape index (κ2) is 8.07. The number of amides is 1. The number of hydrogen-bond donors (Lipinski definition) is 2. The van der Waals surface area contributed by atoms with Crippen molar-refractivity contribution in [3.05, 3.63) is 29.8 Å². The van der Waals surface area contributed by atoms with Crippen LogP contribution in [0.15, 0.2) is 29.2 Å². The Morgan fingerprint density at radius 2 is 1.63 bits per heavy atom. The van der Waals surface area contributed by atoms with Crippen LogP contribution in [0.3, 0.4) is 0 Å². The summed E-state index contributed by atoms with van der Waals surface area (Å²) in [6, 6.07) is 7.49. The first-order valence-corrected chi connectivity index (χ1v) is 10.7. The number of nitrogens with zero attached hydrogens (tertiary/aromatic N) is 1. The van der Waals surface area contributed by atoms with Gasteiger partial charge >= 0.3 is 0 Å². The molecule has 1 aromatic rings. The molecule has 2 aliphatic rings. The minimum Gasteiger partial charge on any atom is -0.339 e. The molecule has 6 nitrogen and oxygen atoms in total. The maximum Gasteiger partial charge on any atom is 0.253 e. The average molecular weight is 416 g/mol. The lowest BCUT2D eigenvalue weighted by Crippen LogP contribution is -2.48. The molecule has 0 aliphatic carbocycles. The van der Waals surface area contributed by atoms with Crippen molar-refractivity contribution in [3.8, 4) is 0 Å². The summed E-state index contributed by atoms with van der Waals surface area (Å²) in [7, 11) is -1.74. The van der Waals surface area contributed by atoms with E-state index in [0.29, 0.717) is 17.6 Å². The van der Waals surface area contributed by atoms with E-state index in [9.17, 15) is 13.2 Å². The fraction of sp³-hybridized carbons (Fsp3) is 0.632. The zero-order valence-corrected chi connectivity index (χ0v) is 18.0. The third-order valence-electron chi connectivity index (χ3n) is 5.17. The van der Waals surface area contributed by atoms with Crippen LogP contribution in [-0.2, 0) is 10.0 Å². The largest absolute Gasteiger partial charge is 0.339 e. The number of rotatable bonds is 4. The number of fused-ring (bicyclic) bond motifs is 2. The van der Waals surface area contributed by atoms with Gasteiger partial charge in [-0.05, 0) is 70.7 Å². The highest BCUT2D eigenvalue weighted by atomic mass is 35.5. The Labute approximate surface area is 168 Å². The van der Waals surface area contributed by atoms with Crippen molar-refractivity contribution in [2.75, 3.05) is 7.05 Å². The topological polar surface area (TPSA) is 78.5 Å². The average Bonchev–Trinajstić information content (AvgIpc) is 2.89. The predicted octanol–water partition coefficient (Wildman–Crippen LogP) is 2.54. The van der Waals surface area contributed by atoms with Gasteiger partial charge in [0, 0.05) is 36.3 Å². The summed E-state index contributed by atoms with van der Waals surface area (Å²) in [5.74, 6) is -0.0518. The second-order valence-corrected chi connectivity index (χ2v) is 10.2. The lowest BCUT2D eigenvalue weighted by Gasteiger charge is -2.35. The number of nitrogens with one attached hydrogen (secondary N) is 2. The molecule has 2 bridgehead atoms. The Morgan fingerprint density at radius 1 is 1.11 bits per heavy atom. The summed E-state index contributed by atoms with van der Waals surface area (Å²) in [6.45, 7) is 5.39. The van der Waals surface area contributed by atoms with E-state index in [-0.39, 0.29) is 29.3 Å². The second-order valence-electron chi connectivity index (χ2n) is 8.56. The van der Waals surface area contributed by atoms with Crippen LogP contribution in [0.2, 0.25) is 0 Å². The Balaban J connectivity index is 0.00000261. The third-order valence-corrected chi connectivity index (χ3v) is 6.94. The Bertz CT molecular complexity index is 762. The van der Waals surface area contributed by atoms with Gasteiger partial charge in [0.2, 0.25) is 10.0 Å². The molecule has 2 aliphatic heterocycles. The highest BCUT2D eigenvalue weighted by Crippen LogP contribution is 2.30. The molecule has 2 saturated heterocycles. The molecule has 2 atom stereocenters. The van der Waals surface area contributed by atoms with Gasteiger partial charge in [-0.1, -0.05) is 0 Å². The number of benzene rings is 1. The quantitative estimate of drug-likeness (QED) is 0.792. The van der Waals surface area contributed by atoms with Crippen LogP contribution in [-0.4, -0.2) is 49.9 Å². The molecule has 8 heteroatoms. The lowest BCUT2D eigenvalue weighted by molar-refractivity contribution is 0.0681. The van der Waals surface area contributed by atoms with E-state index in [1.54, 1.807) is 32.9 Å². The highest BCUT2D eigenvalue weighted by molar-refractivity contribution is 7.89. The van der Waals surface area contributed by atoms with Crippen molar-refractivity contribution in [1.82, 2.24) is 14.9 Å². The minimum absolute atomic E-state index is 0. The molecule has 2 unspecified atom stereocenters. The van der Waals surface area contributed by atoms with Crippen LogP contribution in [0.4, 0.5) is 0 Å². The molecule has 152 valence electrons. The molecule has 0 saturated carbocycles. The van der Waals surface area contributed by atoms with Gasteiger partial charge in [-0.15, -0.1) is 12.4 Å². The maximum atomic E-state index is 12.8. The SMILES string of the molecule is CN(C(=O)c1ccc(S(=O)(=O)NC(C)(C)C)cc1)C1CC2CCC(C1)N2.Cl. The van der Waals surface area contributed by atoms with Crippen molar-refractivity contribution in [1.29, 1.82) is 0 Å². The normalized spacial score (nSPS) is 25.0. The minimum atomic E-state index is -3.59. The number of carbonyl (C=O) groups is 1. The van der Waals surface area contributed by atoms with E-state index in [4.69, 9.17) is 0 Å². The van der Waals surface area contributed by atoms with Crippen LogP contribution in [0.5, 0.6) is 0 Å². The van der Waals surface area contributed by atoms with E-state index in [0.717, 1.165) is 12.8 Å². The van der Waals surface area contributed by atoms with Gasteiger partial charge in [-0.25, -0.2) is 13.1 Å². The molecule has 0 aromatic heterocycles. The first-order valence-electron chi connectivity index (χ1n) is 9.22. The third kappa shape index (κ3) is 5.22. The summed E-state index contributed by atoms with van der Waals surface area (Å²) in [5, 5.41) is 3.58. The Morgan fingerprint density at radius 3 is 2.11 bits per heavy atom. The van der Waals surface area contributed by atoms with Crippen LogP contribution in [0, 0.1) is 0 Å². The maximum absolute atomic E-state index is 12.8. The predicted molar refractivity (Wildman–Crippen MR) is 109 cm³/mol. The molecule has 3 rings (SSSR count). The summed E-state index contributed by atoms with van der Waals surface area (Å²) in [6.07, 6.45) is 4.36. The van der Waals surface area contributed by atoms with Gasteiger partial charge in [0.15, 0.2) is 0 Å². The Hall–Kier alpha value is -1.15. The smallest absolute Gasteiger partial charge is 0.253 e. The van der Waals surface area contributed by atoms with Gasteiger partial charge in [0.05, 0.1) is 4.90 Å². The van der Waals surface area contributed by atoms with Gasteiger partial charge < -0.3 is 10.2 Å². The molecule has 2 heterocycles. The van der Waals surface area contributed by atoms with Crippen LogP contribution >= 0.6 is 12.4 Å². The van der Waals surface area contributed by atoms with Crippen molar-refractivity contribution < 1.29 is 13.2 Å². The first-order chi connectivity index (χ1) is 12.0. The number of piperidine rings is 1. The molecule has 27 heavy (non-hydrogen) atoms. The van der Waals surface area contributed by atoms with Crippen LogP contribution in [0.25, 0.3) is 0 Å². The molecular formula is C19H30ClN3O3S. The van der Waals surface area contributed by atoms with Gasteiger partial charge in [-0.2, -0.15) is 0 Å². The zero-order chi connectivity index (χ0) is 19.1. The molecule has 1 aromatic carbocycles. The van der Waals surface area contributed by atoms with E-state index < -0.39 is 15.6 Å². The van der Waals surface area contributed by atoms with Gasteiger partial charge in [0.25, 0.3) is 5.91 Å². The molecule has 0 spiro atoms. The number of halogens is 1. The van der Waals surface area contributed by atoms with E-state index in [1.165, 1.54) is 25.0 Å². The van der Waals surface area contributed by atoms with E-state index in [2.05, 4.69) is 10.0 Å². The summed E-state index contributed by atoms with van der Waals surface area (Å²) in [4.78, 5) is 14.8. The number of hydrogen-bond acceptors (Lipinski definition) is 4. The molecular weight excluding hydrogens is 386 g/mol. The molecule has 0 radical (unpaired) electrons. The Kier molecular flexibility index (Phi) is 6.62. The molecule has 2 N–H and O–H groups in total. The van der Waals surface area contributed by atoms with Crippen molar-refractivity contribution >= 4 is 28.3 Å². The standard InChI is InChI=1S/C19H29N3O3S.ClH/c1-19(2,3)21-26(24,25)17-9-5-13(6-10-17)18(23)22(4)16-11-14-7-8-15(12-16)20-14;/h5-6,9-10,14-16,20-21H,7-8,11-12H2,1-4H3;1H. The summed E-state index contributed by atoms with van der Waals surface area (Å²) < 4.78 is 27.4. The molecule has 2 fully saturated rings.